The lowest BCUT2D eigenvalue weighted by molar-refractivity contribution is -0.114. The summed E-state index contributed by atoms with van der Waals surface area (Å²) in [5.74, 6) is 0.0404. The number of rotatable bonds is 3. The average molecular weight is 365 g/mol. The van der Waals surface area contributed by atoms with Crippen LogP contribution in [0.2, 0.25) is 0 Å². The maximum absolute atomic E-state index is 12.4. The van der Waals surface area contributed by atoms with Gasteiger partial charge in [-0.2, -0.15) is 0 Å². The van der Waals surface area contributed by atoms with Gasteiger partial charge in [-0.3, -0.25) is 4.79 Å². The third kappa shape index (κ3) is 3.58. The first-order chi connectivity index (χ1) is 12.7. The first-order valence-electron chi connectivity index (χ1n) is 8.74. The summed E-state index contributed by atoms with van der Waals surface area (Å²) in [4.78, 5) is 24.3. The third-order valence-corrected chi connectivity index (χ3v) is 4.33. The molecule has 0 bridgehead atoms. The Morgan fingerprint density at radius 2 is 1.74 bits per heavy atom. The Bertz CT molecular complexity index is 1010. The topological polar surface area (TPSA) is 68.5 Å². The molecule has 0 unspecified atom stereocenters. The van der Waals surface area contributed by atoms with Gasteiger partial charge >= 0.3 is 5.97 Å². The van der Waals surface area contributed by atoms with Crippen LogP contribution in [0.3, 0.4) is 0 Å². The molecule has 5 heteroatoms. The summed E-state index contributed by atoms with van der Waals surface area (Å²) in [7, 11) is 1.34. The molecule has 1 amide bonds. The number of benzene rings is 2. The van der Waals surface area contributed by atoms with Gasteiger partial charge < -0.3 is 14.5 Å². The van der Waals surface area contributed by atoms with E-state index in [9.17, 15) is 9.59 Å². The summed E-state index contributed by atoms with van der Waals surface area (Å²) in [6, 6.07) is 13.2. The molecule has 1 N–H and O–H groups in total. The molecule has 1 aromatic heterocycles. The molecule has 5 nitrogen and oxygen atoms in total. The molecule has 2 aromatic carbocycles. The maximum Gasteiger partial charge on any atom is 0.341 e. The van der Waals surface area contributed by atoms with Crippen molar-refractivity contribution in [1.82, 2.24) is 0 Å². The highest BCUT2D eigenvalue weighted by Gasteiger charge is 2.26. The number of hydrogen-bond donors (Lipinski definition) is 1. The van der Waals surface area contributed by atoms with E-state index in [2.05, 4.69) is 5.32 Å². The lowest BCUT2D eigenvalue weighted by Crippen LogP contribution is -2.09. The molecule has 0 saturated carbocycles. The number of esters is 1. The number of hydrogen-bond acceptors (Lipinski definition) is 4. The second-order valence-electron chi connectivity index (χ2n) is 7.49. The predicted molar refractivity (Wildman–Crippen MR) is 106 cm³/mol. The smallest absolute Gasteiger partial charge is 0.341 e. The van der Waals surface area contributed by atoms with Crippen molar-refractivity contribution in [3.8, 4) is 11.1 Å². The summed E-state index contributed by atoms with van der Waals surface area (Å²) >= 11 is 0. The van der Waals surface area contributed by atoms with Crippen molar-refractivity contribution in [3.05, 3.63) is 53.8 Å². The first kappa shape index (κ1) is 18.7. The second-order valence-corrected chi connectivity index (χ2v) is 7.49. The van der Waals surface area contributed by atoms with Crippen LogP contribution in [0.5, 0.6) is 0 Å². The Morgan fingerprint density at radius 1 is 1.07 bits per heavy atom. The largest absolute Gasteiger partial charge is 0.465 e. The Hall–Kier alpha value is -3.08. The number of carbonyl (C=O) groups excluding carboxylic acids is 2. The van der Waals surface area contributed by atoms with Crippen LogP contribution in [0.4, 0.5) is 5.69 Å². The van der Waals surface area contributed by atoms with Gasteiger partial charge in [-0.25, -0.2) is 4.79 Å². The van der Waals surface area contributed by atoms with Crippen LogP contribution < -0.4 is 5.32 Å². The quantitative estimate of drug-likeness (QED) is 0.652. The van der Waals surface area contributed by atoms with Crippen LogP contribution >= 0.6 is 0 Å². The SMILES string of the molecule is COC(=O)c1cc(-c2ccccc2)c(NC(C)=O)c2cc(C(C)(C)C)oc12. The molecule has 0 aliphatic heterocycles. The molecule has 140 valence electrons. The molecule has 0 aliphatic carbocycles. The van der Waals surface area contributed by atoms with E-state index in [4.69, 9.17) is 9.15 Å². The fourth-order valence-corrected chi connectivity index (χ4v) is 2.99. The van der Waals surface area contributed by atoms with Crippen molar-refractivity contribution in [2.75, 3.05) is 12.4 Å². The normalized spacial score (nSPS) is 11.4. The molecule has 1 heterocycles. The first-order valence-corrected chi connectivity index (χ1v) is 8.74. The van der Waals surface area contributed by atoms with Gasteiger partial charge in [0, 0.05) is 23.3 Å². The van der Waals surface area contributed by atoms with Crippen LogP contribution in [0.15, 0.2) is 46.9 Å². The molecule has 0 fully saturated rings. The van der Waals surface area contributed by atoms with Gasteiger partial charge in [0.2, 0.25) is 5.91 Å². The van der Waals surface area contributed by atoms with Gasteiger partial charge in [-0.1, -0.05) is 51.1 Å². The van der Waals surface area contributed by atoms with E-state index in [1.807, 2.05) is 57.2 Å². The second kappa shape index (κ2) is 6.91. The van der Waals surface area contributed by atoms with E-state index in [0.717, 1.165) is 16.9 Å². The standard InChI is InChI=1S/C22H23NO4/c1-13(24)23-19-15(14-9-7-6-8-10-14)11-17(21(25)26-5)20-16(19)12-18(27-20)22(2,3)4/h6-12H,1-5H3,(H,23,24). The van der Waals surface area contributed by atoms with Crippen molar-refractivity contribution in [3.63, 3.8) is 0 Å². The number of ether oxygens (including phenoxy) is 1. The highest BCUT2D eigenvalue weighted by atomic mass is 16.5. The average Bonchev–Trinajstić information content (AvgIpc) is 3.07. The molecule has 0 aliphatic rings. The van der Waals surface area contributed by atoms with E-state index < -0.39 is 5.97 Å². The van der Waals surface area contributed by atoms with Crippen molar-refractivity contribution >= 4 is 28.5 Å². The summed E-state index contributed by atoms with van der Waals surface area (Å²) in [6.07, 6.45) is 0. The minimum Gasteiger partial charge on any atom is -0.465 e. The molecule has 0 saturated heterocycles. The van der Waals surface area contributed by atoms with Crippen molar-refractivity contribution in [2.24, 2.45) is 0 Å². The van der Waals surface area contributed by atoms with E-state index in [1.54, 1.807) is 6.07 Å². The fourth-order valence-electron chi connectivity index (χ4n) is 2.99. The monoisotopic (exact) mass is 365 g/mol. The number of nitrogens with one attached hydrogen (secondary N) is 1. The van der Waals surface area contributed by atoms with Crippen LogP contribution in [-0.4, -0.2) is 19.0 Å². The molecule has 27 heavy (non-hydrogen) atoms. The summed E-state index contributed by atoms with van der Waals surface area (Å²) < 4.78 is 11.0. The van der Waals surface area contributed by atoms with Crippen molar-refractivity contribution in [1.29, 1.82) is 0 Å². The van der Waals surface area contributed by atoms with Gasteiger partial charge in [-0.15, -0.1) is 0 Å². The number of furan rings is 1. The van der Waals surface area contributed by atoms with Crippen LogP contribution in [-0.2, 0) is 14.9 Å². The Kier molecular flexibility index (Phi) is 4.79. The number of methoxy groups -OCH3 is 1. The lowest BCUT2D eigenvalue weighted by atomic mass is 9.92. The van der Waals surface area contributed by atoms with Gasteiger partial charge in [0.1, 0.15) is 11.3 Å². The van der Waals surface area contributed by atoms with Gasteiger partial charge in [0.15, 0.2) is 5.58 Å². The van der Waals surface area contributed by atoms with Crippen LogP contribution in [0, 0.1) is 0 Å². The molecule has 0 spiro atoms. The summed E-state index contributed by atoms with van der Waals surface area (Å²) in [5, 5.41) is 3.59. The van der Waals surface area contributed by atoms with Gasteiger partial charge in [0.05, 0.1) is 12.8 Å². The lowest BCUT2D eigenvalue weighted by Gasteiger charge is -2.14. The van der Waals surface area contributed by atoms with Crippen molar-refractivity contribution in [2.45, 2.75) is 33.1 Å². The highest BCUT2D eigenvalue weighted by Crippen LogP contribution is 2.41. The van der Waals surface area contributed by atoms with Gasteiger partial charge in [-0.05, 0) is 17.7 Å². The minimum absolute atomic E-state index is 0.196. The third-order valence-electron chi connectivity index (χ3n) is 4.33. The van der Waals surface area contributed by atoms with Crippen LogP contribution in [0.1, 0.15) is 43.8 Å². The van der Waals surface area contributed by atoms with E-state index in [-0.39, 0.29) is 11.3 Å². The van der Waals surface area contributed by atoms with E-state index in [0.29, 0.717) is 22.2 Å². The van der Waals surface area contributed by atoms with E-state index >= 15 is 0 Å². The number of carbonyl (C=O) groups is 2. The molecule has 0 radical (unpaired) electrons. The summed E-state index contributed by atoms with van der Waals surface area (Å²) in [6.45, 7) is 7.54. The van der Waals surface area contributed by atoms with E-state index in [1.165, 1.54) is 14.0 Å². The van der Waals surface area contributed by atoms with Crippen molar-refractivity contribution < 1.29 is 18.7 Å². The number of fused-ring (bicyclic) bond motifs is 1. The molecule has 3 rings (SSSR count). The Morgan fingerprint density at radius 3 is 2.30 bits per heavy atom. The fraction of sp³-hybridized carbons (Fsp3) is 0.273. The summed E-state index contributed by atoms with van der Waals surface area (Å²) in [5.41, 5.74) is 2.72. The maximum atomic E-state index is 12.4. The molecule has 0 atom stereocenters. The van der Waals surface area contributed by atoms with Gasteiger partial charge in [0.25, 0.3) is 0 Å². The Labute approximate surface area is 158 Å². The molecular weight excluding hydrogens is 342 g/mol. The molecule has 3 aromatic rings. The predicted octanol–water partition coefficient (Wildman–Crippen LogP) is 5.14. The minimum atomic E-state index is -0.485. The number of amides is 1. The zero-order valence-electron chi connectivity index (χ0n) is 16.2. The highest BCUT2D eigenvalue weighted by molar-refractivity contribution is 6.13. The zero-order chi connectivity index (χ0) is 19.8. The molecular formula is C22H23NO4. The Balaban J connectivity index is 2.42. The zero-order valence-corrected chi connectivity index (χ0v) is 16.2. The van der Waals surface area contributed by atoms with Crippen LogP contribution in [0.25, 0.3) is 22.1 Å². The number of anilines is 1.